The molecule has 134 valence electrons. The predicted molar refractivity (Wildman–Crippen MR) is 96.2 cm³/mol. The second kappa shape index (κ2) is 10.7. The highest BCUT2D eigenvalue weighted by atomic mass is 32.1. The molecular weight excluding hydrogens is 330 g/mol. The van der Waals surface area contributed by atoms with Gasteiger partial charge in [-0.25, -0.2) is 4.98 Å². The molecule has 0 amide bonds. The number of nitrogens with two attached hydrogens (primary N) is 1. The molecule has 2 aromatic heterocycles. The van der Waals surface area contributed by atoms with Crippen LogP contribution in [0, 0.1) is 0 Å². The van der Waals surface area contributed by atoms with Gasteiger partial charge in [0.05, 0.1) is 12.4 Å². The van der Waals surface area contributed by atoms with Crippen LogP contribution >= 0.6 is 13.5 Å². The van der Waals surface area contributed by atoms with E-state index in [1.54, 1.807) is 6.20 Å². The molecular formula is C14H25N7O2S. The third-order valence-corrected chi connectivity index (χ3v) is 3.34. The lowest BCUT2D eigenvalue weighted by Gasteiger charge is -2.20. The number of aromatic amines is 1. The zero-order valence-corrected chi connectivity index (χ0v) is 14.7. The van der Waals surface area contributed by atoms with E-state index in [2.05, 4.69) is 37.6 Å². The molecule has 0 aromatic carbocycles. The van der Waals surface area contributed by atoms with Gasteiger partial charge in [-0.2, -0.15) is 33.9 Å². The molecule has 0 unspecified atom stereocenters. The first-order chi connectivity index (χ1) is 11.2. The van der Waals surface area contributed by atoms with E-state index in [1.165, 1.54) is 6.20 Å². The van der Waals surface area contributed by atoms with Gasteiger partial charge >= 0.3 is 0 Å². The Morgan fingerprint density at radius 2 is 2.21 bits per heavy atom. The fourth-order valence-electron chi connectivity index (χ4n) is 2.13. The summed E-state index contributed by atoms with van der Waals surface area (Å²) in [6.07, 6.45) is 6.83. The Morgan fingerprint density at radius 1 is 1.38 bits per heavy atom. The minimum absolute atomic E-state index is 0. The van der Waals surface area contributed by atoms with Crippen LogP contribution in [0.1, 0.15) is 38.3 Å². The SMILES string of the molecule is CCCC[C@@H](CCO)Nc1nc(N)ncc1OCc1cn[nH]n1.S. The van der Waals surface area contributed by atoms with Crippen LogP contribution in [0.4, 0.5) is 11.8 Å². The molecule has 0 aliphatic heterocycles. The summed E-state index contributed by atoms with van der Waals surface area (Å²) in [7, 11) is 0. The molecule has 0 fully saturated rings. The second-order valence-electron chi connectivity index (χ2n) is 5.19. The Morgan fingerprint density at radius 3 is 2.88 bits per heavy atom. The van der Waals surface area contributed by atoms with E-state index in [-0.39, 0.29) is 38.7 Å². The molecule has 0 saturated carbocycles. The van der Waals surface area contributed by atoms with Gasteiger partial charge in [-0.15, -0.1) is 0 Å². The van der Waals surface area contributed by atoms with Crippen LogP contribution in [-0.2, 0) is 6.61 Å². The van der Waals surface area contributed by atoms with Crippen molar-refractivity contribution < 1.29 is 9.84 Å². The first kappa shape index (κ1) is 20.0. The third kappa shape index (κ3) is 6.20. The van der Waals surface area contributed by atoms with Crippen molar-refractivity contribution in [1.82, 2.24) is 25.4 Å². The molecule has 24 heavy (non-hydrogen) atoms. The van der Waals surface area contributed by atoms with E-state index in [0.29, 0.717) is 23.7 Å². The Balaban J connectivity index is 0.00000288. The van der Waals surface area contributed by atoms with Gasteiger partial charge in [0.1, 0.15) is 12.3 Å². The lowest BCUT2D eigenvalue weighted by molar-refractivity contribution is 0.275. The molecule has 0 spiro atoms. The van der Waals surface area contributed by atoms with E-state index < -0.39 is 0 Å². The number of anilines is 2. The van der Waals surface area contributed by atoms with Crippen LogP contribution in [0.3, 0.4) is 0 Å². The fourth-order valence-corrected chi connectivity index (χ4v) is 2.13. The number of ether oxygens (including phenoxy) is 1. The monoisotopic (exact) mass is 355 g/mol. The van der Waals surface area contributed by atoms with Gasteiger partial charge in [0.15, 0.2) is 11.6 Å². The maximum absolute atomic E-state index is 9.22. The summed E-state index contributed by atoms with van der Waals surface area (Å²) in [5.41, 5.74) is 6.35. The number of hydrogen-bond acceptors (Lipinski definition) is 8. The van der Waals surface area contributed by atoms with Crippen molar-refractivity contribution in [1.29, 1.82) is 0 Å². The molecule has 0 aliphatic carbocycles. The second-order valence-corrected chi connectivity index (χ2v) is 5.19. The summed E-state index contributed by atoms with van der Waals surface area (Å²) >= 11 is 0. The minimum atomic E-state index is 0. The number of aliphatic hydroxyl groups is 1. The summed E-state index contributed by atoms with van der Waals surface area (Å²) in [5, 5.41) is 22.7. The van der Waals surface area contributed by atoms with E-state index in [0.717, 1.165) is 19.3 Å². The van der Waals surface area contributed by atoms with Crippen LogP contribution < -0.4 is 15.8 Å². The number of aromatic nitrogens is 5. The average Bonchev–Trinajstić information content (AvgIpc) is 3.05. The Labute approximate surface area is 147 Å². The number of nitrogens with one attached hydrogen (secondary N) is 2. The number of nitrogen functional groups attached to an aromatic ring is 1. The summed E-state index contributed by atoms with van der Waals surface area (Å²) in [6.45, 7) is 2.49. The number of rotatable bonds is 10. The van der Waals surface area contributed by atoms with E-state index in [9.17, 15) is 5.11 Å². The molecule has 10 heteroatoms. The van der Waals surface area contributed by atoms with Crippen LogP contribution in [0.2, 0.25) is 0 Å². The number of aliphatic hydroxyl groups excluding tert-OH is 1. The van der Waals surface area contributed by atoms with E-state index in [1.807, 2.05) is 0 Å². The van der Waals surface area contributed by atoms with Crippen LogP contribution in [0.5, 0.6) is 5.75 Å². The smallest absolute Gasteiger partial charge is 0.222 e. The first-order valence-corrected chi connectivity index (χ1v) is 7.70. The third-order valence-electron chi connectivity index (χ3n) is 3.34. The highest BCUT2D eigenvalue weighted by molar-refractivity contribution is 7.59. The molecule has 0 saturated heterocycles. The molecule has 2 heterocycles. The Kier molecular flexibility index (Phi) is 8.87. The minimum Gasteiger partial charge on any atom is -0.482 e. The van der Waals surface area contributed by atoms with Gasteiger partial charge in [0, 0.05) is 12.6 Å². The van der Waals surface area contributed by atoms with Gasteiger partial charge in [0.2, 0.25) is 5.95 Å². The lowest BCUT2D eigenvalue weighted by Crippen LogP contribution is -2.22. The maximum Gasteiger partial charge on any atom is 0.222 e. The van der Waals surface area contributed by atoms with Crippen LogP contribution in [-0.4, -0.2) is 43.1 Å². The fraction of sp³-hybridized carbons (Fsp3) is 0.571. The molecule has 0 radical (unpaired) electrons. The molecule has 2 aromatic rings. The van der Waals surface area contributed by atoms with Gasteiger partial charge < -0.3 is 20.9 Å². The van der Waals surface area contributed by atoms with Crippen molar-refractivity contribution in [3.63, 3.8) is 0 Å². The normalized spacial score (nSPS) is 11.6. The van der Waals surface area contributed by atoms with Gasteiger partial charge in [-0.1, -0.05) is 19.8 Å². The summed E-state index contributed by atoms with van der Waals surface area (Å²) in [4.78, 5) is 8.17. The molecule has 2 rings (SSSR count). The summed E-state index contributed by atoms with van der Waals surface area (Å²) < 4.78 is 5.69. The average molecular weight is 355 g/mol. The number of nitrogens with zero attached hydrogens (tertiary/aromatic N) is 4. The van der Waals surface area contributed by atoms with Gasteiger partial charge in [0.25, 0.3) is 0 Å². The van der Waals surface area contributed by atoms with E-state index in [4.69, 9.17) is 10.5 Å². The number of H-pyrrole nitrogens is 1. The van der Waals surface area contributed by atoms with Crippen molar-refractivity contribution in [3.8, 4) is 5.75 Å². The van der Waals surface area contributed by atoms with Crippen molar-refractivity contribution in [3.05, 3.63) is 18.1 Å². The van der Waals surface area contributed by atoms with Crippen molar-refractivity contribution in [2.24, 2.45) is 0 Å². The molecule has 5 N–H and O–H groups in total. The van der Waals surface area contributed by atoms with Crippen molar-refractivity contribution >= 4 is 25.3 Å². The predicted octanol–water partition coefficient (Wildman–Crippen LogP) is 1.22. The largest absolute Gasteiger partial charge is 0.482 e. The van der Waals surface area contributed by atoms with Crippen LogP contribution in [0.25, 0.3) is 0 Å². The molecule has 1 atom stereocenters. The molecule has 0 aliphatic rings. The highest BCUT2D eigenvalue weighted by Gasteiger charge is 2.14. The first-order valence-electron chi connectivity index (χ1n) is 7.70. The quantitative estimate of drug-likeness (QED) is 0.500. The van der Waals surface area contributed by atoms with E-state index >= 15 is 0 Å². The number of hydrogen-bond donors (Lipinski definition) is 4. The van der Waals surface area contributed by atoms with Crippen molar-refractivity contribution in [2.75, 3.05) is 17.7 Å². The Bertz CT molecular complexity index is 583. The standard InChI is InChI=1S/C14H23N7O2.H2S/c1-2-3-4-10(5-6-22)18-13-12(8-16-14(15)19-13)23-9-11-7-17-21-20-11;/h7-8,10,22H,2-6,9H2,1H3,(H,17,20,21)(H3,15,16,18,19);1H2/t10-;/m0./s1. The zero-order valence-electron chi connectivity index (χ0n) is 13.7. The lowest BCUT2D eigenvalue weighted by atomic mass is 10.1. The Hall–Kier alpha value is -2.07. The topological polar surface area (TPSA) is 135 Å². The molecule has 9 nitrogen and oxygen atoms in total. The van der Waals surface area contributed by atoms with Crippen molar-refractivity contribution in [2.45, 2.75) is 45.3 Å². The zero-order chi connectivity index (χ0) is 16.5. The van der Waals surface area contributed by atoms with Crippen LogP contribution in [0.15, 0.2) is 12.4 Å². The summed E-state index contributed by atoms with van der Waals surface area (Å²) in [5.74, 6) is 1.18. The summed E-state index contributed by atoms with van der Waals surface area (Å²) in [6, 6.07) is 0.101. The highest BCUT2D eigenvalue weighted by Crippen LogP contribution is 2.24. The van der Waals surface area contributed by atoms with Gasteiger partial charge in [-0.3, -0.25) is 0 Å². The maximum atomic E-state index is 9.22. The number of unbranched alkanes of at least 4 members (excludes halogenated alkanes) is 1. The molecule has 0 bridgehead atoms. The van der Waals surface area contributed by atoms with Gasteiger partial charge in [-0.05, 0) is 12.8 Å².